The number of benzene rings is 1. The Bertz CT molecular complexity index is 1100. The zero-order valence-corrected chi connectivity index (χ0v) is 21.4. The molecular weight excluding hydrogens is 441 g/mol. The van der Waals surface area contributed by atoms with E-state index in [-0.39, 0.29) is 43.6 Å². The standard InChI is InChI=1S/C21H27N5O4S.Na.H/c1-25-12-17(11-22-25)26(16-8-9-30-13-16)31(28,29)24-21(27)23-20-18-6-2-4-14(18)10-15-5-3-7-19(15)20;;/h10-12,16H,2-9,13H2,1H3,(H2,23,24,27);;/q;+1;-1. The van der Waals surface area contributed by atoms with Gasteiger partial charge in [0.05, 0.1) is 24.5 Å². The summed E-state index contributed by atoms with van der Waals surface area (Å²) < 4.78 is 36.9. The topological polar surface area (TPSA) is 106 Å². The molecule has 168 valence electrons. The van der Waals surface area contributed by atoms with Crippen LogP contribution < -0.4 is 43.9 Å². The van der Waals surface area contributed by atoms with Gasteiger partial charge in [-0.1, -0.05) is 6.07 Å². The van der Waals surface area contributed by atoms with Crippen molar-refractivity contribution in [2.24, 2.45) is 7.05 Å². The molecular formula is C21H28N5NaO4S. The molecule has 1 aliphatic heterocycles. The Hall–Kier alpha value is -1.59. The summed E-state index contributed by atoms with van der Waals surface area (Å²) in [6, 6.07) is 1.15. The van der Waals surface area contributed by atoms with Gasteiger partial charge in [-0.15, -0.1) is 0 Å². The maximum absolute atomic E-state index is 13.3. The van der Waals surface area contributed by atoms with E-state index in [1.165, 1.54) is 26.3 Å². The number of amides is 2. The van der Waals surface area contributed by atoms with Crippen molar-refractivity contribution in [3.8, 4) is 0 Å². The number of urea groups is 1. The molecule has 9 nitrogen and oxygen atoms in total. The maximum atomic E-state index is 13.3. The van der Waals surface area contributed by atoms with Crippen LogP contribution in [0.25, 0.3) is 0 Å². The number of carbonyl (C=O) groups is 1. The van der Waals surface area contributed by atoms with E-state index in [0.717, 1.165) is 55.3 Å². The van der Waals surface area contributed by atoms with Crippen LogP contribution >= 0.6 is 0 Å². The van der Waals surface area contributed by atoms with Crippen LogP contribution in [0.15, 0.2) is 18.5 Å². The van der Waals surface area contributed by atoms with Gasteiger partial charge < -0.3 is 11.5 Å². The number of carbonyl (C=O) groups excluding carboxylic acids is 1. The Morgan fingerprint density at radius 2 is 1.91 bits per heavy atom. The molecule has 1 saturated heterocycles. The van der Waals surface area contributed by atoms with Gasteiger partial charge in [0.25, 0.3) is 0 Å². The van der Waals surface area contributed by atoms with Gasteiger partial charge in [-0.3, -0.25) is 4.68 Å². The summed E-state index contributed by atoms with van der Waals surface area (Å²) in [6.07, 6.45) is 9.60. The van der Waals surface area contributed by atoms with Crippen LogP contribution in [0.4, 0.5) is 16.2 Å². The van der Waals surface area contributed by atoms with Gasteiger partial charge in [-0.05, 0) is 67.2 Å². The van der Waals surface area contributed by atoms with Gasteiger partial charge in [-0.25, -0.2) is 13.8 Å². The number of nitrogens with one attached hydrogen (secondary N) is 2. The third-order valence-electron chi connectivity index (χ3n) is 6.38. The van der Waals surface area contributed by atoms with Crippen LogP contribution in [0.2, 0.25) is 0 Å². The average Bonchev–Trinajstić information content (AvgIpc) is 3.48. The number of ether oxygens (including phenoxy) is 1. The number of nitrogens with zero attached hydrogens (tertiary/aromatic N) is 3. The molecule has 2 aliphatic carbocycles. The normalized spacial score (nSPS) is 19.2. The van der Waals surface area contributed by atoms with Gasteiger partial charge in [-0.2, -0.15) is 13.5 Å². The molecule has 2 heterocycles. The number of fused-ring (bicyclic) bond motifs is 2. The predicted molar refractivity (Wildman–Crippen MR) is 118 cm³/mol. The monoisotopic (exact) mass is 469 g/mol. The second-order valence-electron chi connectivity index (χ2n) is 8.48. The second kappa shape index (κ2) is 9.34. The summed E-state index contributed by atoms with van der Waals surface area (Å²) in [4.78, 5) is 12.9. The fourth-order valence-electron chi connectivity index (χ4n) is 5.05. The van der Waals surface area contributed by atoms with Crippen molar-refractivity contribution in [3.63, 3.8) is 0 Å². The molecule has 2 amide bonds. The number of anilines is 2. The number of hydrogen-bond acceptors (Lipinski definition) is 5. The van der Waals surface area contributed by atoms with E-state index < -0.39 is 16.2 Å². The molecule has 1 unspecified atom stereocenters. The molecule has 1 atom stereocenters. The van der Waals surface area contributed by atoms with Gasteiger partial charge in [0.15, 0.2) is 0 Å². The molecule has 32 heavy (non-hydrogen) atoms. The summed E-state index contributed by atoms with van der Waals surface area (Å²) in [5.74, 6) is 0. The quantitative estimate of drug-likeness (QED) is 0.557. The molecule has 0 spiro atoms. The van der Waals surface area contributed by atoms with Gasteiger partial charge in [0, 0.05) is 25.5 Å². The number of rotatable bonds is 5. The molecule has 2 aromatic rings. The molecule has 0 bridgehead atoms. The smallest absolute Gasteiger partial charge is 1.00 e. The van der Waals surface area contributed by atoms with Gasteiger partial charge in [0.1, 0.15) is 0 Å². The van der Waals surface area contributed by atoms with Crippen molar-refractivity contribution in [1.29, 1.82) is 0 Å². The summed E-state index contributed by atoms with van der Waals surface area (Å²) in [5.41, 5.74) is 6.08. The van der Waals surface area contributed by atoms with E-state index >= 15 is 0 Å². The van der Waals surface area contributed by atoms with E-state index in [2.05, 4.69) is 21.2 Å². The Labute approximate surface area is 211 Å². The first-order valence-electron chi connectivity index (χ1n) is 10.8. The molecule has 0 radical (unpaired) electrons. The van der Waals surface area contributed by atoms with Crippen LogP contribution in [0.1, 0.15) is 42.9 Å². The minimum absolute atomic E-state index is 0. The number of aryl methyl sites for hydroxylation is 3. The number of hydrogen-bond donors (Lipinski definition) is 2. The van der Waals surface area contributed by atoms with E-state index in [1.807, 2.05) is 0 Å². The van der Waals surface area contributed by atoms with Crippen LogP contribution in [0.3, 0.4) is 0 Å². The van der Waals surface area contributed by atoms with Crippen LogP contribution in [-0.4, -0.2) is 43.5 Å². The first kappa shape index (κ1) is 23.6. The number of aromatic nitrogens is 2. The zero-order valence-electron chi connectivity index (χ0n) is 19.6. The summed E-state index contributed by atoms with van der Waals surface area (Å²) in [5, 5.41) is 6.98. The van der Waals surface area contributed by atoms with E-state index in [9.17, 15) is 13.2 Å². The van der Waals surface area contributed by atoms with Crippen LogP contribution in [0, 0.1) is 0 Å². The Balaban J connectivity index is 0.00000153. The first-order valence-corrected chi connectivity index (χ1v) is 12.2. The third-order valence-corrected chi connectivity index (χ3v) is 7.85. The minimum Gasteiger partial charge on any atom is -1.00 e. The first-order chi connectivity index (χ1) is 14.9. The average molecular weight is 470 g/mol. The van der Waals surface area contributed by atoms with Crippen molar-refractivity contribution in [3.05, 3.63) is 40.7 Å². The molecule has 11 heteroatoms. The van der Waals surface area contributed by atoms with Crippen molar-refractivity contribution in [2.75, 3.05) is 22.8 Å². The van der Waals surface area contributed by atoms with Gasteiger partial charge >= 0.3 is 45.8 Å². The summed E-state index contributed by atoms with van der Waals surface area (Å²) in [6.45, 7) is 0.753. The van der Waals surface area contributed by atoms with Crippen LogP contribution in [0.5, 0.6) is 0 Å². The molecule has 3 aliphatic rings. The molecule has 2 N–H and O–H groups in total. The van der Waals surface area contributed by atoms with Crippen LogP contribution in [-0.2, 0) is 47.7 Å². The largest absolute Gasteiger partial charge is 1.00 e. The second-order valence-corrected chi connectivity index (χ2v) is 10.0. The van der Waals surface area contributed by atoms with E-state index in [1.54, 1.807) is 13.2 Å². The molecule has 1 aromatic heterocycles. The molecule has 0 saturated carbocycles. The Morgan fingerprint density at radius 1 is 1.22 bits per heavy atom. The Kier molecular flexibility index (Phi) is 6.88. The van der Waals surface area contributed by atoms with E-state index in [0.29, 0.717) is 18.7 Å². The fraction of sp³-hybridized carbons (Fsp3) is 0.524. The molecule has 1 aromatic carbocycles. The minimum atomic E-state index is -4.16. The summed E-state index contributed by atoms with van der Waals surface area (Å²) >= 11 is 0. The molecule has 1 fully saturated rings. The SMILES string of the molecule is Cn1cc(N(C2CCOC2)S(=O)(=O)NC(=O)Nc2c3c(cc4c2CCC4)CCC3)cn1.[H-].[Na+]. The van der Waals surface area contributed by atoms with E-state index in [4.69, 9.17) is 4.74 Å². The third kappa shape index (κ3) is 4.43. The maximum Gasteiger partial charge on any atom is 1.00 e. The van der Waals surface area contributed by atoms with Crippen molar-refractivity contribution in [1.82, 2.24) is 14.5 Å². The van der Waals surface area contributed by atoms with Crippen molar-refractivity contribution >= 4 is 27.6 Å². The van der Waals surface area contributed by atoms with Crippen molar-refractivity contribution in [2.45, 2.75) is 51.0 Å². The summed E-state index contributed by atoms with van der Waals surface area (Å²) in [7, 11) is -2.44. The fourth-order valence-corrected chi connectivity index (χ4v) is 6.36. The van der Waals surface area contributed by atoms with Gasteiger partial charge in [0.2, 0.25) is 0 Å². The van der Waals surface area contributed by atoms with Crippen molar-refractivity contribution < 1.29 is 48.9 Å². The zero-order chi connectivity index (χ0) is 21.6. The predicted octanol–water partition coefficient (Wildman–Crippen LogP) is -0.824. The Morgan fingerprint density at radius 3 is 2.47 bits per heavy atom. The molecule has 5 rings (SSSR count).